The molecule has 0 amide bonds. The lowest BCUT2D eigenvalue weighted by molar-refractivity contribution is 0.223. The number of nitrogens with zero attached hydrogens (tertiary/aromatic N) is 4. The van der Waals surface area contributed by atoms with E-state index in [2.05, 4.69) is 74.3 Å². The number of hydrogen-bond acceptors (Lipinski definition) is 4. The van der Waals surface area contributed by atoms with Crippen LogP contribution in [0.4, 0.5) is 0 Å². The first-order valence-corrected chi connectivity index (χ1v) is 11.9. The highest BCUT2D eigenvalue weighted by Gasteiger charge is 2.14. The molecular formula is C25H43IN6O. The van der Waals surface area contributed by atoms with Crippen LogP contribution in [0.2, 0.25) is 0 Å². The molecule has 1 aromatic carbocycles. The van der Waals surface area contributed by atoms with Crippen molar-refractivity contribution in [3.05, 3.63) is 46.8 Å². The summed E-state index contributed by atoms with van der Waals surface area (Å²) in [5.41, 5.74) is 4.78. The Morgan fingerprint density at radius 1 is 1.15 bits per heavy atom. The number of likely N-dealkylation sites (N-methyl/N-ethyl adjacent to an activating group) is 1. The first kappa shape index (κ1) is 29.2. The van der Waals surface area contributed by atoms with Gasteiger partial charge in [0.15, 0.2) is 5.96 Å². The van der Waals surface area contributed by atoms with Gasteiger partial charge in [-0.2, -0.15) is 5.10 Å². The fourth-order valence-electron chi connectivity index (χ4n) is 3.72. The van der Waals surface area contributed by atoms with Gasteiger partial charge in [-0.3, -0.25) is 4.68 Å². The molecule has 0 aliphatic carbocycles. The molecule has 7 nitrogen and oxygen atoms in total. The van der Waals surface area contributed by atoms with Gasteiger partial charge in [-0.15, -0.1) is 24.0 Å². The van der Waals surface area contributed by atoms with Gasteiger partial charge in [0.05, 0.1) is 12.2 Å². The minimum Gasteiger partial charge on any atom is -0.492 e. The molecule has 8 heteroatoms. The zero-order valence-electron chi connectivity index (χ0n) is 21.4. The molecule has 33 heavy (non-hydrogen) atoms. The number of benzene rings is 1. The van der Waals surface area contributed by atoms with E-state index < -0.39 is 0 Å². The summed E-state index contributed by atoms with van der Waals surface area (Å²) in [5.74, 6) is 1.74. The topological polar surface area (TPSA) is 66.7 Å². The average molecular weight is 571 g/mol. The van der Waals surface area contributed by atoms with Gasteiger partial charge in [-0.25, -0.2) is 4.99 Å². The van der Waals surface area contributed by atoms with Crippen LogP contribution in [0.5, 0.6) is 5.75 Å². The number of rotatable bonds is 12. The minimum absolute atomic E-state index is 0. The molecule has 2 aromatic rings. The van der Waals surface area contributed by atoms with Crippen molar-refractivity contribution in [2.45, 2.75) is 60.5 Å². The third-order valence-corrected chi connectivity index (χ3v) is 5.81. The predicted octanol–water partition coefficient (Wildman–Crippen LogP) is 4.06. The molecule has 2 rings (SSSR count). The molecule has 0 radical (unpaired) electrons. The number of aryl methyl sites for hydroxylation is 2. The summed E-state index contributed by atoms with van der Waals surface area (Å²) in [6, 6.07) is 8.49. The molecule has 1 heterocycles. The molecule has 0 fully saturated rings. The standard InChI is InChI=1S/C25H42N6O.HI/c1-8-26-25(28-19(4)17-24-20(5)29-30(7)21(24)6)27-18-22-11-13-23(14-12-22)32-16-15-31(9-2)10-3;/h11-14,19H,8-10,15-18H2,1-7H3,(H2,26,27,28);1H. The molecule has 0 saturated heterocycles. The third kappa shape index (κ3) is 9.52. The highest BCUT2D eigenvalue weighted by atomic mass is 127. The smallest absolute Gasteiger partial charge is 0.191 e. The monoisotopic (exact) mass is 570 g/mol. The van der Waals surface area contributed by atoms with E-state index >= 15 is 0 Å². The van der Waals surface area contributed by atoms with Gasteiger partial charge >= 0.3 is 0 Å². The van der Waals surface area contributed by atoms with E-state index in [0.717, 1.165) is 55.6 Å². The summed E-state index contributed by atoms with van der Waals surface area (Å²) in [6.07, 6.45) is 0.912. The first-order chi connectivity index (χ1) is 15.4. The Balaban J connectivity index is 0.00000544. The van der Waals surface area contributed by atoms with Crippen LogP contribution in [0.15, 0.2) is 29.3 Å². The molecular weight excluding hydrogens is 527 g/mol. The van der Waals surface area contributed by atoms with Gasteiger partial charge < -0.3 is 20.3 Å². The summed E-state index contributed by atoms with van der Waals surface area (Å²) in [4.78, 5) is 7.14. The SMILES string of the molecule is CCNC(=NCc1ccc(OCCN(CC)CC)cc1)NC(C)Cc1c(C)nn(C)c1C.I. The summed E-state index contributed by atoms with van der Waals surface area (Å²) >= 11 is 0. The van der Waals surface area contributed by atoms with Crippen molar-refractivity contribution in [1.82, 2.24) is 25.3 Å². The highest BCUT2D eigenvalue weighted by molar-refractivity contribution is 14.0. The Morgan fingerprint density at radius 2 is 1.82 bits per heavy atom. The number of ether oxygens (including phenoxy) is 1. The second-order valence-electron chi connectivity index (χ2n) is 8.24. The minimum atomic E-state index is 0. The van der Waals surface area contributed by atoms with Crippen molar-refractivity contribution in [2.75, 3.05) is 32.8 Å². The number of hydrogen-bond donors (Lipinski definition) is 2. The Hall–Kier alpha value is -1.81. The number of guanidine groups is 1. The van der Waals surface area contributed by atoms with Crippen molar-refractivity contribution in [2.24, 2.45) is 12.0 Å². The van der Waals surface area contributed by atoms with E-state index in [0.29, 0.717) is 13.2 Å². The Labute approximate surface area is 217 Å². The van der Waals surface area contributed by atoms with Crippen LogP contribution in [0.25, 0.3) is 0 Å². The lowest BCUT2D eigenvalue weighted by Crippen LogP contribution is -2.43. The van der Waals surface area contributed by atoms with Crippen LogP contribution < -0.4 is 15.4 Å². The van der Waals surface area contributed by atoms with Crippen LogP contribution in [0, 0.1) is 13.8 Å². The highest BCUT2D eigenvalue weighted by Crippen LogP contribution is 2.15. The van der Waals surface area contributed by atoms with E-state index in [4.69, 9.17) is 9.73 Å². The summed E-state index contributed by atoms with van der Waals surface area (Å²) in [6.45, 7) is 18.0. The van der Waals surface area contributed by atoms with Crippen molar-refractivity contribution in [3.63, 3.8) is 0 Å². The predicted molar refractivity (Wildman–Crippen MR) is 149 cm³/mol. The number of aliphatic imine (C=N–C) groups is 1. The largest absolute Gasteiger partial charge is 0.492 e. The third-order valence-electron chi connectivity index (χ3n) is 5.81. The molecule has 0 aliphatic heterocycles. The van der Waals surface area contributed by atoms with Crippen molar-refractivity contribution in [1.29, 1.82) is 0 Å². The van der Waals surface area contributed by atoms with Gasteiger partial charge in [0, 0.05) is 31.9 Å². The van der Waals surface area contributed by atoms with Gasteiger partial charge in [-0.05, 0) is 70.5 Å². The maximum absolute atomic E-state index is 5.88. The number of halogens is 1. The molecule has 0 bridgehead atoms. The molecule has 1 unspecified atom stereocenters. The Kier molecular flexibility index (Phi) is 13.4. The summed E-state index contributed by atoms with van der Waals surface area (Å²) in [5, 5.41) is 11.4. The molecule has 1 aromatic heterocycles. The second-order valence-corrected chi connectivity index (χ2v) is 8.24. The second kappa shape index (κ2) is 15.2. The van der Waals surface area contributed by atoms with E-state index in [9.17, 15) is 0 Å². The fourth-order valence-corrected chi connectivity index (χ4v) is 3.72. The molecule has 0 spiro atoms. The van der Waals surface area contributed by atoms with Crippen LogP contribution >= 0.6 is 24.0 Å². The van der Waals surface area contributed by atoms with Gasteiger partial charge in [0.25, 0.3) is 0 Å². The van der Waals surface area contributed by atoms with Crippen LogP contribution in [0.3, 0.4) is 0 Å². The van der Waals surface area contributed by atoms with Crippen LogP contribution in [-0.4, -0.2) is 59.5 Å². The van der Waals surface area contributed by atoms with Gasteiger partial charge in [0.1, 0.15) is 12.4 Å². The molecule has 0 aliphatic rings. The number of nitrogens with one attached hydrogen (secondary N) is 2. The van der Waals surface area contributed by atoms with E-state index in [-0.39, 0.29) is 30.0 Å². The first-order valence-electron chi connectivity index (χ1n) is 11.9. The van der Waals surface area contributed by atoms with Crippen LogP contribution in [-0.2, 0) is 20.0 Å². The quantitative estimate of drug-likeness (QED) is 0.229. The van der Waals surface area contributed by atoms with Crippen molar-refractivity contribution >= 4 is 29.9 Å². The molecule has 186 valence electrons. The zero-order valence-corrected chi connectivity index (χ0v) is 23.8. The van der Waals surface area contributed by atoms with E-state index in [1.165, 1.54) is 11.3 Å². The molecule has 2 N–H and O–H groups in total. The normalized spacial score (nSPS) is 12.4. The van der Waals surface area contributed by atoms with E-state index in [1.54, 1.807) is 0 Å². The lowest BCUT2D eigenvalue weighted by atomic mass is 10.1. The van der Waals surface area contributed by atoms with Gasteiger partial charge in [0.2, 0.25) is 0 Å². The number of aromatic nitrogens is 2. The van der Waals surface area contributed by atoms with Gasteiger partial charge in [-0.1, -0.05) is 26.0 Å². The molecule has 1 atom stereocenters. The summed E-state index contributed by atoms with van der Waals surface area (Å²) in [7, 11) is 2.00. The van der Waals surface area contributed by atoms with Crippen LogP contribution in [0.1, 0.15) is 50.2 Å². The zero-order chi connectivity index (χ0) is 23.5. The maximum Gasteiger partial charge on any atom is 0.191 e. The molecule has 0 saturated carbocycles. The van der Waals surface area contributed by atoms with E-state index in [1.807, 2.05) is 23.9 Å². The Morgan fingerprint density at radius 3 is 2.36 bits per heavy atom. The van der Waals surface area contributed by atoms with Crippen molar-refractivity contribution < 1.29 is 4.74 Å². The average Bonchev–Trinajstić information content (AvgIpc) is 3.02. The fraction of sp³-hybridized carbons (Fsp3) is 0.600. The summed E-state index contributed by atoms with van der Waals surface area (Å²) < 4.78 is 7.83. The maximum atomic E-state index is 5.88. The lowest BCUT2D eigenvalue weighted by Gasteiger charge is -2.18. The Bertz CT molecular complexity index is 845. The van der Waals surface area contributed by atoms with Crippen molar-refractivity contribution in [3.8, 4) is 5.75 Å².